The molecule has 0 saturated heterocycles. The van der Waals surface area contributed by atoms with Crippen LogP contribution in [0.5, 0.6) is 0 Å². The number of hydrogen-bond donors (Lipinski definition) is 1. The summed E-state index contributed by atoms with van der Waals surface area (Å²) >= 11 is 1.09. The highest BCUT2D eigenvalue weighted by Gasteiger charge is 2.15. The van der Waals surface area contributed by atoms with Crippen molar-refractivity contribution in [1.29, 1.82) is 0 Å². The highest BCUT2D eigenvalue weighted by atomic mass is 32.2. The SMILES string of the molecule is CCOC(=O)c1ccccc1NC(=O)CSc1nnc(-c2ccccn2)o1. The van der Waals surface area contributed by atoms with Crippen LogP contribution in [-0.4, -0.2) is 39.4 Å². The number of nitrogens with zero attached hydrogens (tertiary/aromatic N) is 3. The number of nitrogens with one attached hydrogen (secondary N) is 1. The molecule has 0 aliphatic rings. The zero-order chi connectivity index (χ0) is 19.1. The van der Waals surface area contributed by atoms with Crippen molar-refractivity contribution in [3.63, 3.8) is 0 Å². The van der Waals surface area contributed by atoms with Gasteiger partial charge in [-0.1, -0.05) is 30.0 Å². The van der Waals surface area contributed by atoms with Crippen molar-refractivity contribution in [3.05, 3.63) is 54.2 Å². The molecule has 0 atom stereocenters. The van der Waals surface area contributed by atoms with Gasteiger partial charge in [0.05, 0.1) is 23.6 Å². The molecule has 2 aromatic heterocycles. The average Bonchev–Trinajstić information content (AvgIpc) is 3.17. The number of carbonyl (C=O) groups excluding carboxylic acids is 2. The Labute approximate surface area is 159 Å². The number of pyridine rings is 1. The number of esters is 1. The zero-order valence-electron chi connectivity index (χ0n) is 14.4. The third kappa shape index (κ3) is 4.91. The third-order valence-corrected chi connectivity index (χ3v) is 4.13. The molecule has 0 saturated carbocycles. The first-order chi connectivity index (χ1) is 13.2. The molecule has 1 aromatic carbocycles. The Balaban J connectivity index is 1.60. The Bertz CT molecular complexity index is 930. The topological polar surface area (TPSA) is 107 Å². The van der Waals surface area contributed by atoms with E-state index in [1.165, 1.54) is 0 Å². The molecule has 27 heavy (non-hydrogen) atoms. The number of ether oxygens (including phenoxy) is 1. The molecule has 1 N–H and O–H groups in total. The number of para-hydroxylation sites is 1. The summed E-state index contributed by atoms with van der Waals surface area (Å²) < 4.78 is 10.5. The fourth-order valence-corrected chi connectivity index (χ4v) is 2.72. The second kappa shape index (κ2) is 8.95. The number of anilines is 1. The van der Waals surface area contributed by atoms with Crippen LogP contribution >= 0.6 is 11.8 Å². The van der Waals surface area contributed by atoms with Gasteiger partial charge >= 0.3 is 5.97 Å². The molecule has 0 radical (unpaired) electrons. The van der Waals surface area contributed by atoms with Gasteiger partial charge in [0.1, 0.15) is 5.69 Å². The van der Waals surface area contributed by atoms with Crippen LogP contribution in [0.25, 0.3) is 11.6 Å². The minimum absolute atomic E-state index is 0.0427. The summed E-state index contributed by atoms with van der Waals surface area (Å²) in [4.78, 5) is 28.3. The van der Waals surface area contributed by atoms with Crippen LogP contribution in [0, 0.1) is 0 Å². The standard InChI is InChI=1S/C18H16N4O4S/c1-2-25-17(24)12-7-3-4-8-13(12)20-15(23)11-27-18-22-21-16(26-18)14-9-5-6-10-19-14/h3-10H,2,11H2,1H3,(H,20,23). The Hall–Kier alpha value is -3.20. The van der Waals surface area contributed by atoms with E-state index in [0.29, 0.717) is 16.9 Å². The van der Waals surface area contributed by atoms with E-state index in [1.807, 2.05) is 6.07 Å². The van der Waals surface area contributed by atoms with E-state index in [4.69, 9.17) is 9.15 Å². The number of amides is 1. The normalized spacial score (nSPS) is 10.4. The van der Waals surface area contributed by atoms with E-state index in [2.05, 4.69) is 20.5 Å². The van der Waals surface area contributed by atoms with Crippen molar-refractivity contribution in [2.24, 2.45) is 0 Å². The average molecular weight is 384 g/mol. The number of benzene rings is 1. The van der Waals surface area contributed by atoms with E-state index in [-0.39, 0.29) is 29.4 Å². The minimum Gasteiger partial charge on any atom is -0.462 e. The minimum atomic E-state index is -0.488. The quantitative estimate of drug-likeness (QED) is 0.489. The second-order valence-electron chi connectivity index (χ2n) is 5.19. The lowest BCUT2D eigenvalue weighted by molar-refractivity contribution is -0.113. The van der Waals surface area contributed by atoms with Crippen LogP contribution in [0.2, 0.25) is 0 Å². The van der Waals surface area contributed by atoms with Crippen LogP contribution in [0.4, 0.5) is 5.69 Å². The van der Waals surface area contributed by atoms with Crippen molar-refractivity contribution in [1.82, 2.24) is 15.2 Å². The molecule has 8 nitrogen and oxygen atoms in total. The lowest BCUT2D eigenvalue weighted by Gasteiger charge is -2.09. The monoisotopic (exact) mass is 384 g/mol. The Morgan fingerprint density at radius 3 is 2.74 bits per heavy atom. The maximum Gasteiger partial charge on any atom is 0.340 e. The first-order valence-corrected chi connectivity index (χ1v) is 9.09. The fourth-order valence-electron chi connectivity index (χ4n) is 2.15. The molecule has 0 bridgehead atoms. The first kappa shape index (κ1) is 18.6. The van der Waals surface area contributed by atoms with Crippen molar-refractivity contribution < 1.29 is 18.7 Å². The van der Waals surface area contributed by atoms with Crippen molar-refractivity contribution >= 4 is 29.3 Å². The van der Waals surface area contributed by atoms with Crippen LogP contribution < -0.4 is 5.32 Å². The Morgan fingerprint density at radius 1 is 1.15 bits per heavy atom. The Morgan fingerprint density at radius 2 is 1.96 bits per heavy atom. The lowest BCUT2D eigenvalue weighted by Crippen LogP contribution is -2.17. The first-order valence-electron chi connectivity index (χ1n) is 8.11. The predicted molar refractivity (Wildman–Crippen MR) is 99.3 cm³/mol. The van der Waals surface area contributed by atoms with E-state index < -0.39 is 5.97 Å². The largest absolute Gasteiger partial charge is 0.462 e. The van der Waals surface area contributed by atoms with E-state index >= 15 is 0 Å². The molecule has 138 valence electrons. The van der Waals surface area contributed by atoms with Crippen molar-refractivity contribution in [3.8, 4) is 11.6 Å². The number of thioether (sulfide) groups is 1. The number of carbonyl (C=O) groups is 2. The van der Waals surface area contributed by atoms with Crippen LogP contribution in [0.3, 0.4) is 0 Å². The highest BCUT2D eigenvalue weighted by molar-refractivity contribution is 7.99. The third-order valence-electron chi connectivity index (χ3n) is 3.31. The summed E-state index contributed by atoms with van der Waals surface area (Å²) in [6.07, 6.45) is 1.63. The maximum atomic E-state index is 12.2. The molecule has 0 fully saturated rings. The zero-order valence-corrected chi connectivity index (χ0v) is 15.2. The summed E-state index contributed by atoms with van der Waals surface area (Å²) in [7, 11) is 0. The van der Waals surface area contributed by atoms with Gasteiger partial charge in [0.2, 0.25) is 5.91 Å². The smallest absolute Gasteiger partial charge is 0.340 e. The van der Waals surface area contributed by atoms with Gasteiger partial charge in [0.25, 0.3) is 11.1 Å². The number of hydrogen-bond acceptors (Lipinski definition) is 8. The molecule has 3 aromatic rings. The lowest BCUT2D eigenvalue weighted by atomic mass is 10.2. The maximum absolute atomic E-state index is 12.2. The van der Waals surface area contributed by atoms with E-state index in [1.54, 1.807) is 49.5 Å². The van der Waals surface area contributed by atoms with Gasteiger partial charge in [0.15, 0.2) is 0 Å². The van der Waals surface area contributed by atoms with Gasteiger partial charge in [-0.3, -0.25) is 9.78 Å². The van der Waals surface area contributed by atoms with Gasteiger partial charge in [0, 0.05) is 6.20 Å². The molecule has 1 amide bonds. The van der Waals surface area contributed by atoms with Crippen molar-refractivity contribution in [2.45, 2.75) is 12.1 Å². The van der Waals surface area contributed by atoms with Gasteiger partial charge < -0.3 is 14.5 Å². The van der Waals surface area contributed by atoms with Gasteiger partial charge in [-0.05, 0) is 31.2 Å². The molecule has 3 rings (SSSR count). The van der Waals surface area contributed by atoms with E-state index in [0.717, 1.165) is 11.8 Å². The molecule has 0 aliphatic heterocycles. The highest BCUT2D eigenvalue weighted by Crippen LogP contribution is 2.22. The number of aromatic nitrogens is 3. The molecular weight excluding hydrogens is 368 g/mol. The summed E-state index contributed by atoms with van der Waals surface area (Å²) in [6.45, 7) is 1.98. The van der Waals surface area contributed by atoms with Gasteiger partial charge in [-0.2, -0.15) is 0 Å². The molecule has 0 aliphatic carbocycles. The summed E-state index contributed by atoms with van der Waals surface area (Å²) in [5, 5.41) is 10.8. The van der Waals surface area contributed by atoms with Crippen LogP contribution in [-0.2, 0) is 9.53 Å². The molecule has 2 heterocycles. The van der Waals surface area contributed by atoms with E-state index in [9.17, 15) is 9.59 Å². The second-order valence-corrected chi connectivity index (χ2v) is 6.12. The fraction of sp³-hybridized carbons (Fsp3) is 0.167. The number of rotatable bonds is 7. The summed E-state index contributed by atoms with van der Waals surface area (Å²) in [6, 6.07) is 12.0. The molecule has 9 heteroatoms. The van der Waals surface area contributed by atoms with Crippen LogP contribution in [0.15, 0.2) is 58.3 Å². The molecule has 0 unspecified atom stereocenters. The summed E-state index contributed by atoms with van der Waals surface area (Å²) in [5.41, 5.74) is 1.25. The van der Waals surface area contributed by atoms with Crippen LogP contribution in [0.1, 0.15) is 17.3 Å². The van der Waals surface area contributed by atoms with Gasteiger partial charge in [-0.25, -0.2) is 4.79 Å². The predicted octanol–water partition coefficient (Wildman–Crippen LogP) is 3.04. The molecular formula is C18H16N4O4S. The Kier molecular flexibility index (Phi) is 6.16. The summed E-state index contributed by atoms with van der Waals surface area (Å²) in [5.74, 6) is -0.473. The van der Waals surface area contributed by atoms with Gasteiger partial charge in [-0.15, -0.1) is 10.2 Å². The van der Waals surface area contributed by atoms with Crippen molar-refractivity contribution in [2.75, 3.05) is 17.7 Å². The molecule has 0 spiro atoms.